The molecule has 21 heavy (non-hydrogen) atoms. The van der Waals surface area contributed by atoms with E-state index in [1.54, 1.807) is 31.4 Å². The number of rotatable bonds is 5. The summed E-state index contributed by atoms with van der Waals surface area (Å²) in [6.45, 7) is -0.945. The second-order valence-corrected chi connectivity index (χ2v) is 4.68. The zero-order valence-electron chi connectivity index (χ0n) is 11.7. The molecule has 0 saturated carbocycles. The first-order valence-corrected chi connectivity index (χ1v) is 6.43. The summed E-state index contributed by atoms with van der Waals surface area (Å²) in [6.07, 6.45) is 1.68. The first-order chi connectivity index (χ1) is 9.95. The number of pyridine rings is 1. The van der Waals surface area contributed by atoms with Gasteiger partial charge in [-0.15, -0.1) is 0 Å². The number of nitrogens with zero attached hydrogens (tertiary/aromatic N) is 1. The van der Waals surface area contributed by atoms with Gasteiger partial charge in [0.2, 0.25) is 5.56 Å². The quantitative estimate of drug-likeness (QED) is 0.921. The zero-order chi connectivity index (χ0) is 15.4. The Bertz CT molecular complexity index is 671. The maximum absolute atomic E-state index is 12.2. The van der Waals surface area contributed by atoms with Crippen molar-refractivity contribution in [2.45, 2.75) is 19.6 Å². The number of hydrogen-bond donors (Lipinski definition) is 1. The Morgan fingerprint density at radius 3 is 2.67 bits per heavy atom. The summed E-state index contributed by atoms with van der Waals surface area (Å²) >= 11 is 0. The molecule has 0 spiro atoms. The lowest BCUT2D eigenvalue weighted by Gasteiger charge is -2.17. The van der Waals surface area contributed by atoms with E-state index in [-0.39, 0.29) is 17.4 Å². The van der Waals surface area contributed by atoms with Gasteiger partial charge in [0.15, 0.2) is 0 Å². The Hall–Kier alpha value is -2.37. The molecule has 1 aromatic carbocycles. The van der Waals surface area contributed by atoms with E-state index in [0.717, 1.165) is 11.3 Å². The third kappa shape index (κ3) is 4.05. The Morgan fingerprint density at radius 1 is 1.24 bits per heavy atom. The van der Waals surface area contributed by atoms with E-state index in [2.05, 4.69) is 10.1 Å². The largest absolute Gasteiger partial charge is 0.435 e. The molecule has 0 bridgehead atoms. The number of hydrogen-bond acceptors (Lipinski definition) is 3. The smallest absolute Gasteiger partial charge is 0.387 e. The second-order valence-electron chi connectivity index (χ2n) is 4.68. The van der Waals surface area contributed by atoms with Crippen LogP contribution in [0, 0.1) is 0 Å². The number of aryl methyl sites for hydroxylation is 1. The van der Waals surface area contributed by atoms with Crippen molar-refractivity contribution >= 4 is 5.69 Å². The van der Waals surface area contributed by atoms with Crippen LogP contribution in [0.25, 0.3) is 0 Å². The van der Waals surface area contributed by atoms with Gasteiger partial charge in [0.25, 0.3) is 0 Å². The van der Waals surface area contributed by atoms with Gasteiger partial charge in [-0.25, -0.2) is 0 Å². The Balaban J connectivity index is 2.14. The van der Waals surface area contributed by atoms with Crippen molar-refractivity contribution in [2.75, 3.05) is 5.32 Å². The summed E-state index contributed by atoms with van der Waals surface area (Å²) in [5.41, 5.74) is 1.48. The number of halogens is 2. The van der Waals surface area contributed by atoms with Crippen LogP contribution in [-0.4, -0.2) is 11.2 Å². The lowest BCUT2D eigenvalue weighted by atomic mass is 10.1. The van der Waals surface area contributed by atoms with E-state index in [1.807, 2.05) is 13.0 Å². The van der Waals surface area contributed by atoms with E-state index in [1.165, 1.54) is 16.7 Å². The van der Waals surface area contributed by atoms with Crippen LogP contribution in [0.4, 0.5) is 14.5 Å². The van der Waals surface area contributed by atoms with Gasteiger partial charge in [-0.3, -0.25) is 4.79 Å². The molecule has 1 aromatic heterocycles. The van der Waals surface area contributed by atoms with Crippen molar-refractivity contribution in [2.24, 2.45) is 7.05 Å². The summed E-state index contributed by atoms with van der Waals surface area (Å²) in [6, 6.07) is 9.54. The summed E-state index contributed by atoms with van der Waals surface area (Å²) < 4.78 is 30.3. The zero-order valence-corrected chi connectivity index (χ0v) is 11.7. The average Bonchev–Trinajstić information content (AvgIpc) is 2.42. The van der Waals surface area contributed by atoms with Crippen molar-refractivity contribution in [3.63, 3.8) is 0 Å². The van der Waals surface area contributed by atoms with Crippen LogP contribution < -0.4 is 15.6 Å². The third-order valence-corrected chi connectivity index (χ3v) is 3.05. The van der Waals surface area contributed by atoms with Crippen LogP contribution in [0.2, 0.25) is 0 Å². The molecule has 4 nitrogen and oxygen atoms in total. The third-order valence-electron chi connectivity index (χ3n) is 3.05. The van der Waals surface area contributed by atoms with Crippen LogP contribution in [0.3, 0.4) is 0 Å². The SMILES string of the molecule is CC(Nc1ccc(=O)n(C)c1)c1cccc(OC(F)F)c1. The highest BCUT2D eigenvalue weighted by Gasteiger charge is 2.09. The molecule has 0 radical (unpaired) electrons. The molecule has 0 aliphatic heterocycles. The fourth-order valence-electron chi connectivity index (χ4n) is 1.97. The van der Waals surface area contributed by atoms with Gasteiger partial charge in [0.1, 0.15) is 5.75 Å². The number of anilines is 1. The molecule has 0 aliphatic rings. The minimum atomic E-state index is -2.84. The number of benzene rings is 1. The number of alkyl halides is 2. The van der Waals surface area contributed by atoms with Gasteiger partial charge in [0.05, 0.1) is 5.69 Å². The van der Waals surface area contributed by atoms with Gasteiger partial charge in [0, 0.05) is 25.4 Å². The van der Waals surface area contributed by atoms with Gasteiger partial charge in [-0.05, 0) is 30.7 Å². The van der Waals surface area contributed by atoms with Gasteiger partial charge < -0.3 is 14.6 Å². The molecule has 1 atom stereocenters. The van der Waals surface area contributed by atoms with Crippen LogP contribution in [0.5, 0.6) is 5.75 Å². The van der Waals surface area contributed by atoms with E-state index < -0.39 is 6.61 Å². The van der Waals surface area contributed by atoms with Crippen LogP contribution in [-0.2, 0) is 7.05 Å². The molecule has 1 heterocycles. The first kappa shape index (κ1) is 15.0. The van der Waals surface area contributed by atoms with Crippen LogP contribution in [0.15, 0.2) is 47.4 Å². The molecule has 0 saturated heterocycles. The Labute approximate surface area is 121 Å². The monoisotopic (exact) mass is 294 g/mol. The van der Waals surface area contributed by atoms with E-state index in [9.17, 15) is 13.6 Å². The lowest BCUT2D eigenvalue weighted by molar-refractivity contribution is -0.0498. The summed E-state index contributed by atoms with van der Waals surface area (Å²) in [5, 5.41) is 3.20. The maximum Gasteiger partial charge on any atom is 0.387 e. The number of nitrogens with one attached hydrogen (secondary N) is 1. The normalized spacial score (nSPS) is 12.2. The summed E-state index contributed by atoms with van der Waals surface area (Å²) in [4.78, 5) is 11.3. The van der Waals surface area contributed by atoms with Crippen LogP contribution >= 0.6 is 0 Å². The van der Waals surface area contributed by atoms with Gasteiger partial charge >= 0.3 is 6.61 Å². The minimum absolute atomic E-state index is 0.0967. The number of ether oxygens (including phenoxy) is 1. The fourth-order valence-corrected chi connectivity index (χ4v) is 1.97. The number of aromatic nitrogens is 1. The molecule has 0 fully saturated rings. The molecule has 1 unspecified atom stereocenters. The van der Waals surface area contributed by atoms with Crippen molar-refractivity contribution in [1.29, 1.82) is 0 Å². The molecule has 0 aliphatic carbocycles. The van der Waals surface area contributed by atoms with E-state index >= 15 is 0 Å². The van der Waals surface area contributed by atoms with Crippen LogP contribution in [0.1, 0.15) is 18.5 Å². The summed E-state index contributed by atoms with van der Waals surface area (Å²) in [7, 11) is 1.66. The molecule has 112 valence electrons. The molecular formula is C15H16F2N2O2. The highest BCUT2D eigenvalue weighted by Crippen LogP contribution is 2.23. The Morgan fingerprint density at radius 2 is 2.00 bits per heavy atom. The standard InChI is InChI=1S/C15H16F2N2O2/c1-10(18-12-6-7-14(20)19(2)9-12)11-4-3-5-13(8-11)21-15(16)17/h3-10,15,18H,1-2H3. The average molecular weight is 294 g/mol. The predicted octanol–water partition coefficient (Wildman–Crippen LogP) is 3.16. The molecule has 0 amide bonds. The maximum atomic E-state index is 12.2. The second kappa shape index (κ2) is 6.39. The van der Waals surface area contributed by atoms with E-state index in [4.69, 9.17) is 0 Å². The topological polar surface area (TPSA) is 43.3 Å². The lowest BCUT2D eigenvalue weighted by Crippen LogP contribution is -2.16. The van der Waals surface area contributed by atoms with E-state index in [0.29, 0.717) is 0 Å². The molecular weight excluding hydrogens is 278 g/mol. The molecule has 2 aromatic rings. The van der Waals surface area contributed by atoms with Crippen molar-refractivity contribution in [3.05, 3.63) is 58.5 Å². The molecule has 1 N–H and O–H groups in total. The van der Waals surface area contributed by atoms with Gasteiger partial charge in [-0.1, -0.05) is 12.1 Å². The first-order valence-electron chi connectivity index (χ1n) is 6.43. The highest BCUT2D eigenvalue weighted by molar-refractivity contribution is 5.44. The summed E-state index contributed by atoms with van der Waals surface area (Å²) in [5.74, 6) is 0.122. The molecule has 6 heteroatoms. The van der Waals surface area contributed by atoms with Crippen molar-refractivity contribution < 1.29 is 13.5 Å². The fraction of sp³-hybridized carbons (Fsp3) is 0.267. The predicted molar refractivity (Wildman–Crippen MR) is 76.8 cm³/mol. The molecule has 2 rings (SSSR count). The van der Waals surface area contributed by atoms with Gasteiger partial charge in [-0.2, -0.15) is 8.78 Å². The highest BCUT2D eigenvalue weighted by atomic mass is 19.3. The Kier molecular flexibility index (Phi) is 4.57. The minimum Gasteiger partial charge on any atom is -0.435 e. The van der Waals surface area contributed by atoms with Crippen molar-refractivity contribution in [1.82, 2.24) is 4.57 Å². The van der Waals surface area contributed by atoms with Crippen molar-refractivity contribution in [3.8, 4) is 5.75 Å².